The van der Waals surface area contributed by atoms with Crippen molar-refractivity contribution in [1.29, 1.82) is 0 Å². The van der Waals surface area contributed by atoms with Crippen LogP contribution in [0, 0.1) is 59.2 Å². The van der Waals surface area contributed by atoms with Crippen molar-refractivity contribution in [1.82, 2.24) is 25.8 Å². The van der Waals surface area contributed by atoms with E-state index < -0.39 is 0 Å². The lowest BCUT2D eigenvalue weighted by Crippen LogP contribution is -2.60. The van der Waals surface area contributed by atoms with Crippen molar-refractivity contribution >= 4 is 0 Å². The van der Waals surface area contributed by atoms with Gasteiger partial charge in [0.05, 0.1) is 0 Å². The monoisotopic (exact) mass is 910 g/mol. The maximum atomic E-state index is 4.36. The van der Waals surface area contributed by atoms with Crippen LogP contribution >= 0.6 is 0 Å². The Hall–Kier alpha value is -0.460. The summed E-state index contributed by atoms with van der Waals surface area (Å²) >= 11 is 0. The second-order valence-corrected chi connectivity index (χ2v) is 27.1. The second-order valence-electron chi connectivity index (χ2n) is 27.1. The topological polar surface area (TPSA) is 42.6 Å². The zero-order chi connectivity index (χ0) is 45.0. The first kappa shape index (κ1) is 49.1. The number of fused-ring (bicyclic) bond motifs is 1. The van der Waals surface area contributed by atoms with E-state index >= 15 is 0 Å². The molecule has 10 rings (SSSR count). The number of nitrogens with zero attached hydrogens (tertiary/aromatic N) is 2. The Bertz CT molecular complexity index is 1390. The predicted molar refractivity (Wildman–Crippen MR) is 280 cm³/mol. The van der Waals surface area contributed by atoms with Crippen LogP contribution in [0.3, 0.4) is 0 Å². The van der Waals surface area contributed by atoms with Gasteiger partial charge < -0.3 is 16.0 Å². The molecule has 3 aliphatic heterocycles. The molecule has 7 saturated carbocycles. The highest BCUT2D eigenvalue weighted by Gasteiger charge is 2.44. The molecule has 0 aromatic rings. The Balaban J connectivity index is 0.618. The predicted octanol–water partition coefficient (Wildman–Crippen LogP) is 13.9. The highest BCUT2D eigenvalue weighted by molar-refractivity contribution is 5.03. The summed E-state index contributed by atoms with van der Waals surface area (Å²) in [4.78, 5) is 6.32. The summed E-state index contributed by atoms with van der Waals surface area (Å²) in [6.07, 6.45) is 53.6. The molecule has 10 fully saturated rings. The van der Waals surface area contributed by atoms with E-state index in [-0.39, 0.29) is 0 Å². The van der Waals surface area contributed by atoms with Gasteiger partial charge in [0.1, 0.15) is 0 Å². The summed E-state index contributed by atoms with van der Waals surface area (Å²) in [5.41, 5.74) is 0. The van der Waals surface area contributed by atoms with E-state index in [4.69, 9.17) is 0 Å². The lowest BCUT2D eigenvalue weighted by molar-refractivity contribution is 0.00804. The molecule has 0 aromatic heterocycles. The first-order chi connectivity index (χ1) is 32.3. The fourth-order valence-electron chi connectivity index (χ4n) is 18.1. The number of hydrogen-bond acceptors (Lipinski definition) is 5. The van der Waals surface area contributed by atoms with Crippen LogP contribution in [0.15, 0.2) is 12.2 Å². The van der Waals surface area contributed by atoms with Crippen LogP contribution in [0.4, 0.5) is 0 Å². The van der Waals surface area contributed by atoms with Gasteiger partial charge in [0.15, 0.2) is 0 Å². The fraction of sp³-hybridized carbons (Fsp3) is 0.967. The summed E-state index contributed by atoms with van der Waals surface area (Å²) in [7, 11) is 0. The highest BCUT2D eigenvalue weighted by Crippen LogP contribution is 2.45. The minimum absolute atomic E-state index is 0.738. The number of nitrogens with one attached hydrogen (secondary N) is 3. The second kappa shape index (κ2) is 23.4. The van der Waals surface area contributed by atoms with E-state index in [2.05, 4.69) is 65.6 Å². The van der Waals surface area contributed by atoms with Crippen LogP contribution in [0.2, 0.25) is 0 Å². The Morgan fingerprint density at radius 1 is 0.288 bits per heavy atom. The van der Waals surface area contributed by atoms with Crippen molar-refractivity contribution in [3.05, 3.63) is 12.2 Å². The maximum absolute atomic E-state index is 4.36. The molecular weight excluding hydrogens is 803 g/mol. The van der Waals surface area contributed by atoms with Gasteiger partial charge in [0, 0.05) is 67.0 Å². The molecule has 66 heavy (non-hydrogen) atoms. The van der Waals surface area contributed by atoms with Crippen LogP contribution in [0.25, 0.3) is 0 Å². The van der Waals surface area contributed by atoms with Gasteiger partial charge in [-0.1, -0.05) is 39.8 Å². The van der Waals surface area contributed by atoms with Gasteiger partial charge >= 0.3 is 0 Å². The fourth-order valence-corrected chi connectivity index (χ4v) is 18.1. The molecule has 8 atom stereocenters. The van der Waals surface area contributed by atoms with Crippen molar-refractivity contribution < 1.29 is 0 Å². The Morgan fingerprint density at radius 2 is 0.606 bits per heavy atom. The smallest absolute Gasteiger partial charge is 0.0227 e. The minimum atomic E-state index is 0.738. The zero-order valence-electron chi connectivity index (χ0n) is 43.8. The average Bonchev–Trinajstić information content (AvgIpc) is 3.36. The first-order valence-corrected chi connectivity index (χ1v) is 30.8. The van der Waals surface area contributed by atoms with E-state index in [0.717, 1.165) is 120 Å². The van der Waals surface area contributed by atoms with Crippen LogP contribution in [-0.2, 0) is 0 Å². The van der Waals surface area contributed by atoms with Crippen LogP contribution in [0.5, 0.6) is 0 Å². The third kappa shape index (κ3) is 12.2. The third-order valence-electron chi connectivity index (χ3n) is 22.6. The standard InChI is InChI=1S/C61H107N5/c1-42-5-24-52(25-6-42)65(53-26-7-43(2)8-27-53)56-32-17-47(18-33-56)14-13-46-15-19-48(20-16-46)60-36-22-50-39-49(21-37-61(50)64-60)58-35-23-51(40-62-58)59-38-34-57(41-63-59)66(54-28-9-44(3)10-29-54)55-30-11-45(4)12-31-55/h13-14,42-64H,5-12,15-41H2,1-4H3/b14-13+. The normalized spacial score (nSPS) is 48.0. The van der Waals surface area contributed by atoms with E-state index in [1.807, 2.05) is 0 Å². The first-order valence-electron chi connectivity index (χ1n) is 30.8. The molecule has 5 nitrogen and oxygen atoms in total. The summed E-state index contributed by atoms with van der Waals surface area (Å²) in [5, 5.41) is 12.8. The van der Waals surface area contributed by atoms with E-state index in [1.54, 1.807) is 0 Å². The molecule has 8 unspecified atom stereocenters. The molecule has 0 bridgehead atoms. The Labute approximate surface area is 408 Å². The summed E-state index contributed by atoms with van der Waals surface area (Å²) < 4.78 is 0. The molecule has 0 aromatic carbocycles. The minimum Gasteiger partial charge on any atom is -0.313 e. The van der Waals surface area contributed by atoms with Gasteiger partial charge in [-0.15, -0.1) is 0 Å². The largest absolute Gasteiger partial charge is 0.313 e. The van der Waals surface area contributed by atoms with Crippen molar-refractivity contribution in [2.24, 2.45) is 59.2 Å². The summed E-state index contributed by atoms with van der Waals surface area (Å²) in [6, 6.07) is 8.25. The van der Waals surface area contributed by atoms with Gasteiger partial charge in [-0.25, -0.2) is 0 Å². The summed E-state index contributed by atoms with van der Waals surface area (Å²) in [5.74, 6) is 9.11. The number of hydrogen-bond donors (Lipinski definition) is 3. The molecule has 5 heteroatoms. The molecule has 10 aliphatic rings. The summed E-state index contributed by atoms with van der Waals surface area (Å²) in [6.45, 7) is 12.5. The molecule has 3 saturated heterocycles. The Morgan fingerprint density at radius 3 is 1.05 bits per heavy atom. The van der Waals surface area contributed by atoms with Crippen molar-refractivity contribution in [2.45, 2.75) is 300 Å². The highest BCUT2D eigenvalue weighted by atomic mass is 15.2. The Kier molecular flexibility index (Phi) is 17.4. The van der Waals surface area contributed by atoms with Crippen molar-refractivity contribution in [3.63, 3.8) is 0 Å². The van der Waals surface area contributed by atoms with Gasteiger partial charge in [0.2, 0.25) is 0 Å². The molecule has 0 spiro atoms. The van der Waals surface area contributed by atoms with E-state index in [9.17, 15) is 0 Å². The molecule has 3 heterocycles. The zero-order valence-corrected chi connectivity index (χ0v) is 43.8. The number of rotatable bonds is 11. The van der Waals surface area contributed by atoms with Crippen LogP contribution < -0.4 is 16.0 Å². The van der Waals surface area contributed by atoms with E-state index in [0.29, 0.717) is 0 Å². The molecule has 7 aliphatic carbocycles. The quantitative estimate of drug-likeness (QED) is 0.180. The molecular formula is C61H107N5. The lowest BCUT2D eigenvalue weighted by atomic mass is 9.67. The molecule has 3 N–H and O–H groups in total. The number of allylic oxidation sites excluding steroid dienone is 2. The van der Waals surface area contributed by atoms with Gasteiger partial charge in [-0.05, 0) is 278 Å². The van der Waals surface area contributed by atoms with Gasteiger partial charge in [-0.3, -0.25) is 9.80 Å². The average molecular weight is 911 g/mol. The van der Waals surface area contributed by atoms with Crippen molar-refractivity contribution in [2.75, 3.05) is 13.1 Å². The SMILES string of the molecule is CC1CCC(N(C2CCC(C)CC2)C2CCC(/C=C/C3CCC(C4CCC5CC(C6CCC(C7CCC(N(C8CCC(C)CC8)C8CCC(C)CC8)CN7)CN6)CCC5N4)CC3)CC2)CC1. The van der Waals surface area contributed by atoms with Gasteiger partial charge in [-0.2, -0.15) is 0 Å². The molecule has 0 amide bonds. The molecule has 376 valence electrons. The van der Waals surface area contributed by atoms with Crippen molar-refractivity contribution in [3.8, 4) is 0 Å². The van der Waals surface area contributed by atoms with Gasteiger partial charge in [0.25, 0.3) is 0 Å². The molecule has 0 radical (unpaired) electrons. The lowest BCUT2D eigenvalue weighted by Gasteiger charge is -2.50. The van der Waals surface area contributed by atoms with E-state index in [1.165, 1.54) is 225 Å². The van der Waals surface area contributed by atoms with Crippen LogP contribution in [0.1, 0.15) is 240 Å². The number of piperidine rings is 3. The maximum Gasteiger partial charge on any atom is 0.0227 e. The third-order valence-corrected chi connectivity index (χ3v) is 22.6. The van der Waals surface area contributed by atoms with Crippen LogP contribution in [-0.4, -0.2) is 83.3 Å².